The van der Waals surface area contributed by atoms with Gasteiger partial charge in [-0.2, -0.15) is 0 Å². The Balaban J connectivity index is 1.86. The van der Waals surface area contributed by atoms with Crippen LogP contribution in [-0.2, 0) is 28.3 Å². The first-order chi connectivity index (χ1) is 15.6. The van der Waals surface area contributed by atoms with Crippen molar-refractivity contribution in [1.82, 2.24) is 19.7 Å². The summed E-state index contributed by atoms with van der Waals surface area (Å²) < 4.78 is 34.5. The summed E-state index contributed by atoms with van der Waals surface area (Å²) in [6.07, 6.45) is 1.19. The number of carboxylic acids is 1. The number of carboxylic acid groups (broad SMARTS) is 1. The van der Waals surface area contributed by atoms with Crippen LogP contribution in [-0.4, -0.2) is 47.4 Å². The number of methoxy groups -OCH3 is 1. The predicted molar refractivity (Wildman–Crippen MR) is 124 cm³/mol. The van der Waals surface area contributed by atoms with Crippen LogP contribution in [0.2, 0.25) is 0 Å². The fourth-order valence-corrected chi connectivity index (χ4v) is 5.69. The molecule has 0 radical (unpaired) electrons. The van der Waals surface area contributed by atoms with Crippen molar-refractivity contribution in [3.05, 3.63) is 52.1 Å². The van der Waals surface area contributed by atoms with Gasteiger partial charge in [-0.25, -0.2) is 17.8 Å². The normalized spacial score (nSPS) is 16.7. The smallest absolute Gasteiger partial charge is 0.304 e. The van der Waals surface area contributed by atoms with Crippen molar-refractivity contribution >= 4 is 27.0 Å². The molecule has 4 rings (SSSR count). The maximum atomic E-state index is 12.2. The van der Waals surface area contributed by atoms with E-state index in [1.807, 2.05) is 31.2 Å². The average Bonchev–Trinajstić information content (AvgIpc) is 3.36. The van der Waals surface area contributed by atoms with Crippen LogP contribution in [0.15, 0.2) is 24.3 Å². The molecule has 3 aromatic rings. The second-order valence-corrected chi connectivity index (χ2v) is 10.5. The van der Waals surface area contributed by atoms with Gasteiger partial charge in [0.1, 0.15) is 16.8 Å². The number of aliphatic carboxylic acids is 1. The van der Waals surface area contributed by atoms with Gasteiger partial charge in [-0.3, -0.25) is 4.79 Å². The first-order valence-electron chi connectivity index (χ1n) is 10.9. The number of rotatable bonds is 8. The fourth-order valence-electron chi connectivity index (χ4n) is 4.85. The molecule has 1 aliphatic rings. The van der Waals surface area contributed by atoms with Crippen molar-refractivity contribution < 1.29 is 23.1 Å². The maximum absolute atomic E-state index is 12.2. The van der Waals surface area contributed by atoms with Gasteiger partial charge in [-0.05, 0) is 66.6 Å². The zero-order valence-electron chi connectivity index (χ0n) is 19.1. The number of ether oxygens (including phenoxy) is 1. The number of fused-ring (bicyclic) bond motifs is 2. The molecule has 0 aliphatic heterocycles. The molecule has 0 saturated carbocycles. The van der Waals surface area contributed by atoms with Crippen molar-refractivity contribution in [3.8, 4) is 5.75 Å². The highest BCUT2D eigenvalue weighted by molar-refractivity contribution is 7.89. The third kappa shape index (κ3) is 4.32. The van der Waals surface area contributed by atoms with Crippen LogP contribution in [0, 0.1) is 6.92 Å². The van der Waals surface area contributed by atoms with Gasteiger partial charge in [0.05, 0.1) is 19.3 Å². The molecule has 33 heavy (non-hydrogen) atoms. The highest BCUT2D eigenvalue weighted by Gasteiger charge is 2.32. The summed E-state index contributed by atoms with van der Waals surface area (Å²) in [5, 5.41) is 18.0. The Hall–Kier alpha value is -2.98. The SMILES string of the molecule is CCS(=O)(=O)NC1CCc2c(C(CC(=O)O)c3cc(OC)c4c(c3)nnn4C)ccc(C)c21. The van der Waals surface area contributed by atoms with E-state index in [9.17, 15) is 18.3 Å². The molecule has 1 heterocycles. The molecule has 0 bridgehead atoms. The van der Waals surface area contributed by atoms with Crippen LogP contribution in [0.3, 0.4) is 0 Å². The molecule has 0 saturated heterocycles. The Bertz CT molecular complexity index is 1330. The molecule has 0 fully saturated rings. The summed E-state index contributed by atoms with van der Waals surface area (Å²) in [6, 6.07) is 7.30. The van der Waals surface area contributed by atoms with Crippen LogP contribution in [0.25, 0.3) is 11.0 Å². The van der Waals surface area contributed by atoms with Gasteiger partial charge < -0.3 is 9.84 Å². The quantitative estimate of drug-likeness (QED) is 0.517. The van der Waals surface area contributed by atoms with Gasteiger partial charge in [0.2, 0.25) is 10.0 Å². The number of sulfonamides is 1. The summed E-state index contributed by atoms with van der Waals surface area (Å²) in [5.41, 5.74) is 5.98. The van der Waals surface area contributed by atoms with E-state index < -0.39 is 21.9 Å². The molecule has 2 atom stereocenters. The number of aryl methyl sites for hydroxylation is 2. The second-order valence-electron chi connectivity index (χ2n) is 8.43. The van der Waals surface area contributed by atoms with Crippen molar-refractivity contribution in [2.24, 2.45) is 7.05 Å². The van der Waals surface area contributed by atoms with E-state index in [1.54, 1.807) is 25.8 Å². The molecule has 1 aliphatic carbocycles. The van der Waals surface area contributed by atoms with E-state index in [1.165, 1.54) is 0 Å². The zero-order chi connectivity index (χ0) is 23.9. The molecule has 176 valence electrons. The standard InChI is InChI=1S/C23H28N4O5S/c1-5-33(30,31)25-18-9-8-16-15(7-6-13(2)22(16)18)17(12-21(28)29)14-10-19-23(20(11-14)32-4)27(3)26-24-19/h6-7,10-11,17-18,25H,5,8-9,12H2,1-4H3,(H,28,29). The third-order valence-electron chi connectivity index (χ3n) is 6.41. The lowest BCUT2D eigenvalue weighted by Crippen LogP contribution is -2.29. The Morgan fingerprint density at radius 2 is 2.12 bits per heavy atom. The molecule has 9 nitrogen and oxygen atoms in total. The van der Waals surface area contributed by atoms with E-state index in [0.717, 1.165) is 33.3 Å². The number of carbonyl (C=O) groups is 1. The van der Waals surface area contributed by atoms with Gasteiger partial charge >= 0.3 is 5.97 Å². The minimum Gasteiger partial charge on any atom is -0.494 e. The van der Waals surface area contributed by atoms with E-state index in [4.69, 9.17) is 4.74 Å². The molecule has 0 spiro atoms. The molecule has 2 aromatic carbocycles. The number of aromatic nitrogens is 3. The van der Waals surface area contributed by atoms with Gasteiger partial charge in [0.15, 0.2) is 0 Å². The lowest BCUT2D eigenvalue weighted by molar-refractivity contribution is -0.137. The first-order valence-corrected chi connectivity index (χ1v) is 12.5. The molecule has 0 amide bonds. The zero-order valence-corrected chi connectivity index (χ0v) is 19.9. The van der Waals surface area contributed by atoms with Crippen molar-refractivity contribution in [1.29, 1.82) is 0 Å². The Labute approximate surface area is 192 Å². The largest absolute Gasteiger partial charge is 0.494 e. The maximum Gasteiger partial charge on any atom is 0.304 e. The second kappa shape index (κ2) is 8.75. The highest BCUT2D eigenvalue weighted by atomic mass is 32.2. The number of nitrogens with zero attached hydrogens (tertiary/aromatic N) is 3. The van der Waals surface area contributed by atoms with Gasteiger partial charge in [-0.15, -0.1) is 5.10 Å². The Morgan fingerprint density at radius 3 is 2.79 bits per heavy atom. The van der Waals surface area contributed by atoms with Crippen molar-refractivity contribution in [3.63, 3.8) is 0 Å². The number of nitrogens with one attached hydrogen (secondary N) is 1. The molecular formula is C23H28N4O5S. The van der Waals surface area contributed by atoms with E-state index in [0.29, 0.717) is 24.1 Å². The van der Waals surface area contributed by atoms with Crippen LogP contribution >= 0.6 is 0 Å². The number of benzene rings is 2. The molecule has 10 heteroatoms. The average molecular weight is 473 g/mol. The van der Waals surface area contributed by atoms with E-state index in [2.05, 4.69) is 15.0 Å². The molecule has 2 unspecified atom stereocenters. The minimum absolute atomic E-state index is 0.0110. The van der Waals surface area contributed by atoms with Crippen LogP contribution in [0.4, 0.5) is 0 Å². The van der Waals surface area contributed by atoms with Crippen molar-refractivity contribution in [2.75, 3.05) is 12.9 Å². The van der Waals surface area contributed by atoms with Gasteiger partial charge in [-0.1, -0.05) is 17.3 Å². The summed E-state index contributed by atoms with van der Waals surface area (Å²) >= 11 is 0. The minimum atomic E-state index is -3.38. The molecule has 2 N–H and O–H groups in total. The predicted octanol–water partition coefficient (Wildman–Crippen LogP) is 2.82. The van der Waals surface area contributed by atoms with Gasteiger partial charge in [0, 0.05) is 19.0 Å². The van der Waals surface area contributed by atoms with Gasteiger partial charge in [0.25, 0.3) is 0 Å². The first kappa shape index (κ1) is 23.2. The monoisotopic (exact) mass is 472 g/mol. The van der Waals surface area contributed by atoms with E-state index in [-0.39, 0.29) is 18.2 Å². The summed E-state index contributed by atoms with van der Waals surface area (Å²) in [4.78, 5) is 11.9. The van der Waals surface area contributed by atoms with Crippen LogP contribution in [0.1, 0.15) is 59.5 Å². The van der Waals surface area contributed by atoms with Crippen molar-refractivity contribution in [2.45, 2.75) is 45.1 Å². The summed E-state index contributed by atoms with van der Waals surface area (Å²) in [6.45, 7) is 3.57. The number of hydrogen-bond donors (Lipinski definition) is 2. The number of hydrogen-bond acceptors (Lipinski definition) is 6. The summed E-state index contributed by atoms with van der Waals surface area (Å²) in [7, 11) is -0.0401. The lowest BCUT2D eigenvalue weighted by atomic mass is 9.83. The molecular weight excluding hydrogens is 444 g/mol. The Morgan fingerprint density at radius 1 is 1.36 bits per heavy atom. The third-order valence-corrected chi connectivity index (χ3v) is 7.81. The molecule has 1 aromatic heterocycles. The van der Waals surface area contributed by atoms with Crippen LogP contribution < -0.4 is 9.46 Å². The highest BCUT2D eigenvalue weighted by Crippen LogP contribution is 2.42. The lowest BCUT2D eigenvalue weighted by Gasteiger charge is -2.22. The Kier molecular flexibility index (Phi) is 6.15. The van der Waals surface area contributed by atoms with E-state index >= 15 is 0 Å². The fraction of sp³-hybridized carbons (Fsp3) is 0.435. The topological polar surface area (TPSA) is 123 Å². The van der Waals surface area contributed by atoms with Crippen LogP contribution in [0.5, 0.6) is 5.75 Å². The summed E-state index contributed by atoms with van der Waals surface area (Å²) in [5.74, 6) is -0.785.